The zero-order chi connectivity index (χ0) is 4.50. The third kappa shape index (κ3) is 59.9. The average molecular weight is 302 g/mol. The molecule has 0 aliphatic carbocycles. The van der Waals surface area contributed by atoms with E-state index >= 15 is 0 Å². The maximum atomic E-state index is 8.74. The van der Waals surface area contributed by atoms with Gasteiger partial charge < -0.3 is 0 Å². The molecule has 8 heavy (non-hydrogen) atoms. The van der Waals surface area contributed by atoms with Crippen LogP contribution in [0.2, 0.25) is 0 Å². The van der Waals surface area contributed by atoms with Gasteiger partial charge in [0.25, 0.3) is 0 Å². The van der Waals surface area contributed by atoms with Crippen molar-refractivity contribution < 1.29 is 17.5 Å². The maximum absolute atomic E-state index is 8.74. The largest absolute Gasteiger partial charge is 3.00 e. The molecule has 0 aliphatic rings. The van der Waals surface area contributed by atoms with Gasteiger partial charge in [-0.25, -0.2) is 0 Å². The Labute approximate surface area is 129 Å². The third-order valence-electron chi connectivity index (χ3n) is 0. The maximum Gasteiger partial charge on any atom is 3.00 e. The minimum atomic E-state index is -4.67. The second-order valence-electron chi connectivity index (χ2n) is 0.448. The van der Waals surface area contributed by atoms with Crippen LogP contribution in [0, 0.1) is 0 Å². The second-order valence-corrected chi connectivity index (χ2v) is 1.34. The van der Waals surface area contributed by atoms with Gasteiger partial charge in [-0.2, -0.15) is 8.42 Å². The Kier molecular flexibility index (Phi) is 28.8. The first-order chi connectivity index (χ1) is 2.00. The molecule has 0 spiro atoms. The van der Waals surface area contributed by atoms with Crippen molar-refractivity contribution in [2.45, 2.75) is 0 Å². The Hall–Kier alpha value is 3.23. The minimum absolute atomic E-state index is 0. The molecule has 0 aromatic heterocycles. The van der Waals surface area contributed by atoms with Crippen LogP contribution in [0.1, 0.15) is 0 Å². The molecule has 0 atom stereocenters. The summed E-state index contributed by atoms with van der Waals surface area (Å²) in [6, 6.07) is 0. The van der Waals surface area contributed by atoms with Crippen LogP contribution < -0.4 is 0 Å². The van der Waals surface area contributed by atoms with Crippen LogP contribution >= 0.6 is 0 Å². The van der Waals surface area contributed by atoms with Crippen molar-refractivity contribution in [3.05, 3.63) is 0 Å². The fourth-order valence-electron chi connectivity index (χ4n) is 0. The molecule has 0 saturated heterocycles. The van der Waals surface area contributed by atoms with Crippen molar-refractivity contribution in [2.24, 2.45) is 0 Å². The van der Waals surface area contributed by atoms with Gasteiger partial charge in [0.1, 0.15) is 0 Å². The van der Waals surface area contributed by atoms with E-state index in [0.29, 0.717) is 0 Å². The number of hydrogen-bond acceptors (Lipinski definition) is 2. The van der Waals surface area contributed by atoms with Crippen molar-refractivity contribution in [3.8, 4) is 0 Å². The van der Waals surface area contributed by atoms with Gasteiger partial charge in [0.05, 0.1) is 0 Å². The fraction of sp³-hybridized carbons (Fsp3) is 0. The monoisotopic (exact) mass is 303 g/mol. The molecule has 0 bridgehead atoms. The van der Waals surface area contributed by atoms with Crippen LogP contribution in [-0.4, -0.2) is 122 Å². The molecular formula is H2AlBaCaO4S+7. The van der Waals surface area contributed by atoms with Crippen molar-refractivity contribution >= 4 is 114 Å². The van der Waals surface area contributed by atoms with Crippen molar-refractivity contribution in [1.82, 2.24) is 0 Å². The van der Waals surface area contributed by atoms with E-state index in [9.17, 15) is 0 Å². The Morgan fingerprint density at radius 3 is 1.12 bits per heavy atom. The Bertz CT molecular complexity index is 99.2. The Morgan fingerprint density at radius 1 is 1.12 bits per heavy atom. The molecule has 4 nitrogen and oxygen atoms in total. The zero-order valence-corrected chi connectivity index (χ0v) is 12.7. The summed E-state index contributed by atoms with van der Waals surface area (Å²) in [6.07, 6.45) is 0. The molecule has 0 unspecified atom stereocenters. The summed E-state index contributed by atoms with van der Waals surface area (Å²) in [5, 5.41) is 0. The van der Waals surface area contributed by atoms with Gasteiger partial charge in [0, 0.05) is 0 Å². The molecule has 0 rings (SSSR count). The summed E-state index contributed by atoms with van der Waals surface area (Å²) < 4.78 is 31.6. The van der Waals surface area contributed by atoms with E-state index < -0.39 is 10.4 Å². The van der Waals surface area contributed by atoms with E-state index in [1.165, 1.54) is 0 Å². The third-order valence-corrected chi connectivity index (χ3v) is 0. The molecule has 0 aliphatic heterocycles. The molecule has 0 aromatic carbocycles. The molecule has 0 saturated carbocycles. The fourth-order valence-corrected chi connectivity index (χ4v) is 0. The quantitative estimate of drug-likeness (QED) is 0.409. The summed E-state index contributed by atoms with van der Waals surface area (Å²) in [4.78, 5) is 0. The number of rotatable bonds is 0. The van der Waals surface area contributed by atoms with E-state index in [1.807, 2.05) is 0 Å². The Balaban J connectivity index is -0.0000000267. The van der Waals surface area contributed by atoms with E-state index in [1.54, 1.807) is 0 Å². The first-order valence-corrected chi connectivity index (χ1v) is 2.10. The summed E-state index contributed by atoms with van der Waals surface area (Å²) >= 11 is 0. The van der Waals surface area contributed by atoms with E-state index in [-0.39, 0.29) is 104 Å². The van der Waals surface area contributed by atoms with Crippen LogP contribution in [0.15, 0.2) is 0 Å². The van der Waals surface area contributed by atoms with Gasteiger partial charge in [-0.1, -0.05) is 0 Å². The van der Waals surface area contributed by atoms with Gasteiger partial charge >= 0.3 is 114 Å². The number of hydrogen-bond donors (Lipinski definition) is 2. The van der Waals surface area contributed by atoms with Gasteiger partial charge in [0.2, 0.25) is 0 Å². The predicted molar refractivity (Wildman–Crippen MR) is 31.4 cm³/mol. The normalized spacial score (nSPS) is 7.25. The second kappa shape index (κ2) is 10.2. The minimum Gasteiger partial charge on any atom is -0.264 e. The van der Waals surface area contributed by atoms with Crippen molar-refractivity contribution in [3.63, 3.8) is 0 Å². The average Bonchev–Trinajstić information content (AvgIpc) is 0.722. The predicted octanol–water partition coefficient (Wildman–Crippen LogP) is -1.80. The summed E-state index contributed by atoms with van der Waals surface area (Å²) in [5.74, 6) is 0. The van der Waals surface area contributed by atoms with E-state index in [0.717, 1.165) is 0 Å². The van der Waals surface area contributed by atoms with Crippen LogP contribution in [0.5, 0.6) is 0 Å². The molecule has 32 valence electrons. The van der Waals surface area contributed by atoms with Gasteiger partial charge in [-0.15, -0.1) is 0 Å². The van der Waals surface area contributed by atoms with Crippen LogP contribution in [-0.2, 0) is 10.4 Å². The van der Waals surface area contributed by atoms with E-state index in [2.05, 4.69) is 0 Å². The topological polar surface area (TPSA) is 74.6 Å². The summed E-state index contributed by atoms with van der Waals surface area (Å²) in [6.45, 7) is 0. The molecule has 0 heterocycles. The molecule has 8 heteroatoms. The van der Waals surface area contributed by atoms with Gasteiger partial charge in [-0.3, -0.25) is 9.11 Å². The zero-order valence-electron chi connectivity index (χ0n) is 4.11. The van der Waals surface area contributed by atoms with Gasteiger partial charge in [-0.05, 0) is 0 Å². The van der Waals surface area contributed by atoms with Gasteiger partial charge in [0.15, 0.2) is 0 Å². The summed E-state index contributed by atoms with van der Waals surface area (Å²) in [7, 11) is -4.67. The molecule has 0 amide bonds. The molecule has 0 fully saturated rings. The van der Waals surface area contributed by atoms with Crippen molar-refractivity contribution in [2.75, 3.05) is 0 Å². The van der Waals surface area contributed by atoms with Crippen LogP contribution in [0.25, 0.3) is 0 Å². The van der Waals surface area contributed by atoms with E-state index in [4.69, 9.17) is 17.5 Å². The first-order valence-electron chi connectivity index (χ1n) is 0.698. The molecule has 2 N–H and O–H groups in total. The molecule has 0 aromatic rings. The first kappa shape index (κ1) is 22.5. The standard InChI is InChI=1S/Al.Ba.Ca.H2O4S/c;;;1-5(2,3)4/h;;;(H2,1,2,3,4)/q+3;2*+2;. The smallest absolute Gasteiger partial charge is 0.264 e. The SMILES string of the molecule is O=S(=O)(O)O.[Al+3].[Ba+2].[Ca+2]. The summed E-state index contributed by atoms with van der Waals surface area (Å²) in [5.41, 5.74) is 0. The van der Waals surface area contributed by atoms with Crippen molar-refractivity contribution in [1.29, 1.82) is 0 Å². The molecule has 0 radical (unpaired) electrons. The van der Waals surface area contributed by atoms with Crippen LogP contribution in [0.4, 0.5) is 0 Å². The Morgan fingerprint density at radius 2 is 1.12 bits per heavy atom. The van der Waals surface area contributed by atoms with Crippen LogP contribution in [0.3, 0.4) is 0 Å². The molecular weight excluding hydrogens is 300 g/mol.